The van der Waals surface area contributed by atoms with Gasteiger partial charge in [0, 0.05) is 13.7 Å². The Labute approximate surface area is 97.0 Å². The van der Waals surface area contributed by atoms with Crippen molar-refractivity contribution in [3.63, 3.8) is 0 Å². The molecule has 1 aromatic rings. The Morgan fingerprint density at radius 1 is 1.44 bits per heavy atom. The van der Waals surface area contributed by atoms with Crippen LogP contribution in [0, 0.1) is 11.3 Å². The van der Waals surface area contributed by atoms with Crippen molar-refractivity contribution in [3.8, 4) is 6.07 Å². The van der Waals surface area contributed by atoms with Crippen LogP contribution in [0.15, 0.2) is 24.3 Å². The number of nitriles is 1. The van der Waals surface area contributed by atoms with Gasteiger partial charge in [-0.15, -0.1) is 0 Å². The number of nitrogens with zero attached hydrogens (tertiary/aromatic N) is 1. The van der Waals surface area contributed by atoms with Gasteiger partial charge >= 0.3 is 0 Å². The third-order valence-corrected chi connectivity index (χ3v) is 2.42. The zero-order valence-electron chi connectivity index (χ0n) is 9.86. The minimum Gasteiger partial charge on any atom is -0.380 e. The maximum Gasteiger partial charge on any atom is 0.0952 e. The fraction of sp³-hybridized carbons (Fsp3) is 0.462. The van der Waals surface area contributed by atoms with Crippen molar-refractivity contribution in [1.29, 1.82) is 5.26 Å². The van der Waals surface area contributed by atoms with Crippen LogP contribution in [-0.2, 0) is 17.9 Å². The van der Waals surface area contributed by atoms with Crippen molar-refractivity contribution in [2.75, 3.05) is 7.11 Å². The molecule has 0 amide bonds. The van der Waals surface area contributed by atoms with Gasteiger partial charge in [-0.25, -0.2) is 0 Å². The summed E-state index contributed by atoms with van der Waals surface area (Å²) >= 11 is 0. The second kappa shape index (κ2) is 7.00. The Balaban J connectivity index is 2.54. The predicted molar refractivity (Wildman–Crippen MR) is 63.7 cm³/mol. The predicted octanol–water partition coefficient (Wildman–Crippen LogP) is 2.22. The average Bonchev–Trinajstić information content (AvgIpc) is 2.31. The molecule has 1 rings (SSSR count). The lowest BCUT2D eigenvalue weighted by Crippen LogP contribution is -2.26. The highest BCUT2D eigenvalue weighted by Gasteiger charge is 2.03. The maximum absolute atomic E-state index is 8.81. The van der Waals surface area contributed by atoms with Gasteiger partial charge in [-0.1, -0.05) is 31.2 Å². The number of hydrogen-bond acceptors (Lipinski definition) is 3. The highest BCUT2D eigenvalue weighted by molar-refractivity contribution is 5.23. The van der Waals surface area contributed by atoms with Crippen molar-refractivity contribution in [2.24, 2.45) is 0 Å². The van der Waals surface area contributed by atoms with Gasteiger partial charge in [-0.05, 0) is 17.5 Å². The Morgan fingerprint density at radius 3 is 2.81 bits per heavy atom. The second-order valence-electron chi connectivity index (χ2n) is 3.72. The van der Waals surface area contributed by atoms with E-state index in [9.17, 15) is 0 Å². The summed E-state index contributed by atoms with van der Waals surface area (Å²) in [6.07, 6.45) is 0.828. The van der Waals surface area contributed by atoms with Crippen LogP contribution in [-0.4, -0.2) is 13.2 Å². The van der Waals surface area contributed by atoms with Gasteiger partial charge in [0.25, 0.3) is 0 Å². The number of rotatable bonds is 6. The highest BCUT2D eigenvalue weighted by atomic mass is 16.5. The molecule has 1 unspecified atom stereocenters. The molecule has 86 valence electrons. The van der Waals surface area contributed by atoms with Crippen molar-refractivity contribution in [1.82, 2.24) is 5.32 Å². The summed E-state index contributed by atoms with van der Waals surface area (Å²) in [5.74, 6) is 0. The van der Waals surface area contributed by atoms with E-state index in [1.54, 1.807) is 7.11 Å². The number of benzene rings is 1. The van der Waals surface area contributed by atoms with Gasteiger partial charge < -0.3 is 4.74 Å². The summed E-state index contributed by atoms with van der Waals surface area (Å²) < 4.78 is 5.08. The molecule has 0 aliphatic heterocycles. The van der Waals surface area contributed by atoms with E-state index in [1.165, 1.54) is 5.56 Å². The van der Waals surface area contributed by atoms with Crippen LogP contribution in [0.5, 0.6) is 0 Å². The molecule has 0 saturated heterocycles. The third-order valence-electron chi connectivity index (χ3n) is 2.42. The lowest BCUT2D eigenvalue weighted by atomic mass is 10.1. The fourth-order valence-electron chi connectivity index (χ4n) is 1.52. The summed E-state index contributed by atoms with van der Waals surface area (Å²) in [4.78, 5) is 0. The molecule has 0 aliphatic carbocycles. The zero-order chi connectivity index (χ0) is 11.8. The van der Waals surface area contributed by atoms with Gasteiger partial charge in [0.1, 0.15) is 0 Å². The van der Waals surface area contributed by atoms with Gasteiger partial charge in [-0.3, -0.25) is 5.32 Å². The summed E-state index contributed by atoms with van der Waals surface area (Å²) in [6, 6.07) is 10.4. The molecule has 3 nitrogen and oxygen atoms in total. The first-order chi connectivity index (χ1) is 7.80. The standard InChI is InChI=1S/C13H18N2O/c1-3-13(8-14)15-9-11-5-4-6-12(7-11)10-16-2/h4-7,13,15H,3,9-10H2,1-2H3. The third kappa shape index (κ3) is 4.01. The summed E-state index contributed by atoms with van der Waals surface area (Å²) in [5.41, 5.74) is 2.34. The monoisotopic (exact) mass is 218 g/mol. The summed E-state index contributed by atoms with van der Waals surface area (Å²) in [5, 5.41) is 12.0. The topological polar surface area (TPSA) is 45.0 Å². The molecule has 0 saturated carbocycles. The smallest absolute Gasteiger partial charge is 0.0952 e. The van der Waals surface area contributed by atoms with Gasteiger partial charge in [-0.2, -0.15) is 5.26 Å². The van der Waals surface area contributed by atoms with Crippen LogP contribution in [0.25, 0.3) is 0 Å². The first kappa shape index (κ1) is 12.7. The fourth-order valence-corrected chi connectivity index (χ4v) is 1.52. The van der Waals surface area contributed by atoms with Gasteiger partial charge in [0.15, 0.2) is 0 Å². The minimum atomic E-state index is -0.0638. The molecule has 0 radical (unpaired) electrons. The van der Waals surface area contributed by atoms with E-state index in [0.29, 0.717) is 6.61 Å². The molecule has 3 heteroatoms. The minimum absolute atomic E-state index is 0.0638. The number of hydrogen-bond donors (Lipinski definition) is 1. The van der Waals surface area contributed by atoms with E-state index in [-0.39, 0.29) is 6.04 Å². The van der Waals surface area contributed by atoms with E-state index in [1.807, 2.05) is 19.1 Å². The van der Waals surface area contributed by atoms with Gasteiger partial charge in [0.2, 0.25) is 0 Å². The Morgan fingerprint density at radius 2 is 2.19 bits per heavy atom. The van der Waals surface area contributed by atoms with E-state index in [4.69, 9.17) is 10.00 Å². The quantitative estimate of drug-likeness (QED) is 0.796. The molecule has 16 heavy (non-hydrogen) atoms. The molecule has 0 fully saturated rings. The largest absolute Gasteiger partial charge is 0.380 e. The second-order valence-corrected chi connectivity index (χ2v) is 3.72. The lowest BCUT2D eigenvalue weighted by molar-refractivity contribution is 0.185. The van der Waals surface area contributed by atoms with Crippen LogP contribution < -0.4 is 5.32 Å². The molecular weight excluding hydrogens is 200 g/mol. The van der Waals surface area contributed by atoms with Crippen LogP contribution >= 0.6 is 0 Å². The summed E-state index contributed by atoms with van der Waals surface area (Å²) in [7, 11) is 1.69. The van der Waals surface area contributed by atoms with Crippen LogP contribution in [0.1, 0.15) is 24.5 Å². The van der Waals surface area contributed by atoms with Crippen LogP contribution in [0.3, 0.4) is 0 Å². The molecule has 1 N–H and O–H groups in total. The number of ether oxygens (including phenoxy) is 1. The Bertz CT molecular complexity index is 357. The van der Waals surface area contributed by atoms with Crippen LogP contribution in [0.2, 0.25) is 0 Å². The van der Waals surface area contributed by atoms with E-state index in [0.717, 1.165) is 18.5 Å². The molecule has 0 spiro atoms. The number of methoxy groups -OCH3 is 1. The van der Waals surface area contributed by atoms with Crippen LogP contribution in [0.4, 0.5) is 0 Å². The Kier molecular flexibility index (Phi) is 5.55. The first-order valence-corrected chi connectivity index (χ1v) is 5.50. The van der Waals surface area contributed by atoms with Crippen molar-refractivity contribution in [3.05, 3.63) is 35.4 Å². The normalized spacial score (nSPS) is 12.1. The first-order valence-electron chi connectivity index (χ1n) is 5.50. The number of nitrogens with one attached hydrogen (secondary N) is 1. The Hall–Kier alpha value is -1.37. The van der Waals surface area contributed by atoms with E-state index in [2.05, 4.69) is 23.5 Å². The maximum atomic E-state index is 8.81. The van der Waals surface area contributed by atoms with Crippen molar-refractivity contribution < 1.29 is 4.74 Å². The molecule has 0 bridgehead atoms. The van der Waals surface area contributed by atoms with E-state index >= 15 is 0 Å². The molecule has 0 aliphatic rings. The molecule has 0 heterocycles. The average molecular weight is 218 g/mol. The van der Waals surface area contributed by atoms with Gasteiger partial charge in [0.05, 0.1) is 18.7 Å². The molecule has 1 aromatic carbocycles. The molecule has 0 aromatic heterocycles. The van der Waals surface area contributed by atoms with Crippen molar-refractivity contribution >= 4 is 0 Å². The van der Waals surface area contributed by atoms with Crippen molar-refractivity contribution in [2.45, 2.75) is 32.5 Å². The lowest BCUT2D eigenvalue weighted by Gasteiger charge is -2.09. The van der Waals surface area contributed by atoms with E-state index < -0.39 is 0 Å². The zero-order valence-corrected chi connectivity index (χ0v) is 9.86. The molecular formula is C13H18N2O. The summed E-state index contributed by atoms with van der Waals surface area (Å²) in [6.45, 7) is 3.36. The highest BCUT2D eigenvalue weighted by Crippen LogP contribution is 2.06. The molecule has 1 atom stereocenters. The SMILES string of the molecule is CCC(C#N)NCc1cccc(COC)c1.